The predicted molar refractivity (Wildman–Crippen MR) is 58.6 cm³/mol. The molecular formula is C13H6F8O. The Labute approximate surface area is 118 Å². The van der Waals surface area contributed by atoms with Crippen LogP contribution in [-0.4, -0.2) is 11.3 Å². The maximum Gasteiger partial charge on any atom is 0.416 e. The normalized spacial score (nSPS) is 19.9. The van der Waals surface area contributed by atoms with Gasteiger partial charge in [-0.3, -0.25) is 0 Å². The Morgan fingerprint density at radius 1 is 0.909 bits per heavy atom. The van der Waals surface area contributed by atoms with E-state index in [-0.39, 0.29) is 0 Å². The van der Waals surface area contributed by atoms with Gasteiger partial charge in [-0.05, 0) is 11.6 Å². The molecule has 1 aromatic carbocycles. The zero-order valence-electron chi connectivity index (χ0n) is 10.4. The third kappa shape index (κ3) is 2.55. The van der Waals surface area contributed by atoms with E-state index in [1.54, 1.807) is 0 Å². The molecule has 0 saturated heterocycles. The molecule has 1 nitrogen and oxygen atoms in total. The predicted octanol–water partition coefficient (Wildman–Crippen LogP) is 5.12. The van der Waals surface area contributed by atoms with Crippen molar-refractivity contribution in [1.82, 2.24) is 0 Å². The van der Waals surface area contributed by atoms with E-state index in [0.29, 0.717) is 12.1 Å². The quantitative estimate of drug-likeness (QED) is 0.560. The lowest BCUT2D eigenvalue weighted by molar-refractivity contribution is -0.0988. The highest BCUT2D eigenvalue weighted by Gasteiger charge is 2.47. The number of benzene rings is 1. The molecule has 1 aliphatic rings. The van der Waals surface area contributed by atoms with Gasteiger partial charge in [0.2, 0.25) is 0 Å². The molecule has 1 aliphatic carbocycles. The Kier molecular flexibility index (Phi) is 3.92. The molecule has 0 heterocycles. The number of hydrogen-bond acceptors (Lipinski definition) is 1. The molecule has 120 valence electrons. The van der Waals surface area contributed by atoms with Crippen LogP contribution in [0.1, 0.15) is 17.9 Å². The fourth-order valence-corrected chi connectivity index (χ4v) is 2.18. The number of alkyl halides is 3. The van der Waals surface area contributed by atoms with E-state index in [0.717, 1.165) is 0 Å². The Morgan fingerprint density at radius 3 is 2.05 bits per heavy atom. The average Bonchev–Trinajstić information content (AvgIpc) is 2.40. The topological polar surface area (TPSA) is 20.2 Å². The molecule has 0 radical (unpaired) electrons. The molecule has 0 amide bonds. The first-order valence-electron chi connectivity index (χ1n) is 5.74. The molecule has 0 bridgehead atoms. The summed E-state index contributed by atoms with van der Waals surface area (Å²) >= 11 is 0. The van der Waals surface area contributed by atoms with E-state index in [1.807, 2.05) is 0 Å². The highest BCUT2D eigenvalue weighted by atomic mass is 19.4. The third-order valence-electron chi connectivity index (χ3n) is 3.17. The van der Waals surface area contributed by atoms with Crippen LogP contribution in [0.15, 0.2) is 35.1 Å². The Hall–Kier alpha value is -2.06. The summed E-state index contributed by atoms with van der Waals surface area (Å²) in [6.45, 7) is 0. The smallest absolute Gasteiger partial charge is 0.416 e. The van der Waals surface area contributed by atoms with Crippen molar-refractivity contribution in [3.05, 3.63) is 58.1 Å². The van der Waals surface area contributed by atoms with Crippen molar-refractivity contribution in [3.8, 4) is 0 Å². The number of aliphatic hydroxyl groups is 1. The van der Waals surface area contributed by atoms with Gasteiger partial charge in [0.25, 0.3) is 0 Å². The van der Waals surface area contributed by atoms with Gasteiger partial charge in [0.15, 0.2) is 29.1 Å². The number of hydrogen-bond donors (Lipinski definition) is 1. The first-order chi connectivity index (χ1) is 10.1. The Morgan fingerprint density at radius 2 is 1.50 bits per heavy atom. The second-order valence-electron chi connectivity index (χ2n) is 4.51. The third-order valence-corrected chi connectivity index (χ3v) is 3.17. The van der Waals surface area contributed by atoms with Crippen LogP contribution < -0.4 is 0 Å². The molecule has 1 atom stereocenters. The molecule has 22 heavy (non-hydrogen) atoms. The van der Waals surface area contributed by atoms with Crippen LogP contribution in [0.2, 0.25) is 0 Å². The highest BCUT2D eigenvalue weighted by Crippen LogP contribution is 2.48. The van der Waals surface area contributed by atoms with Gasteiger partial charge in [-0.25, -0.2) is 22.0 Å². The minimum atomic E-state index is -5.40. The van der Waals surface area contributed by atoms with Gasteiger partial charge in [0.1, 0.15) is 5.76 Å². The summed E-state index contributed by atoms with van der Waals surface area (Å²) in [4.78, 5) is 0. The summed E-state index contributed by atoms with van der Waals surface area (Å²) < 4.78 is 105. The van der Waals surface area contributed by atoms with E-state index in [9.17, 15) is 35.1 Å². The Balaban J connectivity index is 2.68. The molecule has 0 saturated carbocycles. The summed E-state index contributed by atoms with van der Waals surface area (Å²) in [6.07, 6.45) is -6.54. The van der Waals surface area contributed by atoms with Crippen molar-refractivity contribution in [3.63, 3.8) is 0 Å². The van der Waals surface area contributed by atoms with E-state index >= 15 is 0 Å². The summed E-state index contributed by atoms with van der Waals surface area (Å²) in [6, 6.07) is 0.833. The molecule has 0 aliphatic heterocycles. The van der Waals surface area contributed by atoms with Gasteiger partial charge in [-0.15, -0.1) is 0 Å². The van der Waals surface area contributed by atoms with Gasteiger partial charge in [0.05, 0.1) is 5.57 Å². The molecule has 0 spiro atoms. The second-order valence-corrected chi connectivity index (χ2v) is 4.51. The summed E-state index contributed by atoms with van der Waals surface area (Å²) in [5.74, 6) is -13.8. The van der Waals surface area contributed by atoms with Crippen molar-refractivity contribution in [2.75, 3.05) is 0 Å². The molecule has 1 aromatic rings. The minimum Gasteiger partial charge on any atom is -0.509 e. The van der Waals surface area contributed by atoms with Crippen LogP contribution >= 0.6 is 0 Å². The maximum absolute atomic E-state index is 13.6. The number of allylic oxidation sites excluding steroid dienone is 4. The molecule has 1 N–H and O–H groups in total. The molecule has 1 unspecified atom stereocenters. The monoisotopic (exact) mass is 330 g/mol. The van der Waals surface area contributed by atoms with Gasteiger partial charge in [0, 0.05) is 12.3 Å². The van der Waals surface area contributed by atoms with E-state index in [2.05, 4.69) is 0 Å². The average molecular weight is 330 g/mol. The van der Waals surface area contributed by atoms with Crippen LogP contribution in [0.4, 0.5) is 35.1 Å². The van der Waals surface area contributed by atoms with Gasteiger partial charge >= 0.3 is 6.18 Å². The van der Waals surface area contributed by atoms with Crippen molar-refractivity contribution in [2.45, 2.75) is 18.5 Å². The number of aliphatic hydroxyl groups excluding tert-OH is 1. The first kappa shape index (κ1) is 16.3. The highest BCUT2D eigenvalue weighted by molar-refractivity contribution is 5.44. The van der Waals surface area contributed by atoms with Crippen LogP contribution in [-0.2, 0) is 0 Å². The lowest BCUT2D eigenvalue weighted by atomic mass is 9.83. The van der Waals surface area contributed by atoms with Crippen molar-refractivity contribution < 1.29 is 40.2 Å². The zero-order chi connectivity index (χ0) is 16.8. The van der Waals surface area contributed by atoms with Crippen molar-refractivity contribution in [1.29, 1.82) is 0 Å². The number of halogens is 8. The van der Waals surface area contributed by atoms with Crippen LogP contribution in [0.25, 0.3) is 0 Å². The lowest BCUT2D eigenvalue weighted by Crippen LogP contribution is -2.25. The SMILES string of the molecule is OC1=C(F)C(F)=C(C(F)(F)F)C(c2ccc(F)c(F)c2F)C1. The van der Waals surface area contributed by atoms with E-state index in [1.165, 1.54) is 0 Å². The summed E-state index contributed by atoms with van der Waals surface area (Å²) in [5.41, 5.74) is -3.15. The van der Waals surface area contributed by atoms with Gasteiger partial charge < -0.3 is 5.11 Å². The lowest BCUT2D eigenvalue weighted by Gasteiger charge is -2.27. The zero-order valence-corrected chi connectivity index (χ0v) is 10.4. The van der Waals surface area contributed by atoms with E-state index < -0.39 is 64.5 Å². The van der Waals surface area contributed by atoms with Crippen LogP contribution in [0, 0.1) is 17.5 Å². The first-order valence-corrected chi connectivity index (χ1v) is 5.74. The van der Waals surface area contributed by atoms with Crippen molar-refractivity contribution >= 4 is 0 Å². The minimum absolute atomic E-state index is 0.353. The standard InChI is InChI=1S/C13H6F8O/c14-6-2-1-4(9(15)10(6)16)5-3-7(22)11(17)12(18)8(5)13(19,20)21/h1-2,5,22H,3H2. The molecule has 0 aromatic heterocycles. The summed E-state index contributed by atoms with van der Waals surface area (Å²) in [5, 5.41) is 9.15. The van der Waals surface area contributed by atoms with Crippen molar-refractivity contribution in [2.24, 2.45) is 0 Å². The number of rotatable bonds is 1. The molecule has 0 fully saturated rings. The largest absolute Gasteiger partial charge is 0.509 e. The Bertz CT molecular complexity index is 686. The summed E-state index contributed by atoms with van der Waals surface area (Å²) in [7, 11) is 0. The van der Waals surface area contributed by atoms with Gasteiger partial charge in [-0.1, -0.05) is 6.07 Å². The van der Waals surface area contributed by atoms with Crippen LogP contribution in [0.5, 0.6) is 0 Å². The molecular weight excluding hydrogens is 324 g/mol. The second kappa shape index (κ2) is 5.29. The van der Waals surface area contributed by atoms with E-state index in [4.69, 9.17) is 5.11 Å². The maximum atomic E-state index is 13.6. The molecule has 9 heteroatoms. The van der Waals surface area contributed by atoms with Crippen LogP contribution in [0.3, 0.4) is 0 Å². The fraction of sp³-hybridized carbons (Fsp3) is 0.231. The molecule has 2 rings (SSSR count). The van der Waals surface area contributed by atoms with Gasteiger partial charge in [-0.2, -0.15) is 13.2 Å². The fourth-order valence-electron chi connectivity index (χ4n) is 2.18.